The first-order chi connectivity index (χ1) is 9.16. The molecule has 0 radical (unpaired) electrons. The van der Waals surface area contributed by atoms with Crippen molar-refractivity contribution in [1.29, 1.82) is 0 Å². The van der Waals surface area contributed by atoms with Gasteiger partial charge in [0.15, 0.2) is 5.69 Å². The van der Waals surface area contributed by atoms with E-state index in [9.17, 15) is 4.79 Å². The summed E-state index contributed by atoms with van der Waals surface area (Å²) in [6.07, 6.45) is 3.61. The Morgan fingerprint density at radius 3 is 2.89 bits per heavy atom. The predicted molar refractivity (Wildman–Crippen MR) is 74.2 cm³/mol. The molecule has 2 heterocycles. The molecule has 0 spiro atoms. The van der Waals surface area contributed by atoms with E-state index in [0.29, 0.717) is 17.6 Å². The molecule has 1 aromatic rings. The third kappa shape index (κ3) is 3.89. The van der Waals surface area contributed by atoms with Crippen molar-refractivity contribution in [3.05, 3.63) is 17.8 Å². The van der Waals surface area contributed by atoms with Gasteiger partial charge in [-0.05, 0) is 37.9 Å². The lowest BCUT2D eigenvalue weighted by atomic mass is 10.1. The molecule has 1 fully saturated rings. The number of hydrogen-bond donors (Lipinski definition) is 2. The molecule has 2 rings (SSSR count). The monoisotopic (exact) mass is 263 g/mol. The largest absolute Gasteiger partial charge is 0.369 e. The van der Waals surface area contributed by atoms with E-state index in [1.165, 1.54) is 17.7 Å². The van der Waals surface area contributed by atoms with Crippen LogP contribution < -0.4 is 10.6 Å². The molecule has 0 aromatic carbocycles. The molecule has 6 heteroatoms. The molecule has 1 aromatic heterocycles. The highest BCUT2D eigenvalue weighted by atomic mass is 16.2. The van der Waals surface area contributed by atoms with Crippen molar-refractivity contribution in [3.8, 4) is 0 Å². The minimum absolute atomic E-state index is 0.130. The Hall–Kier alpha value is -1.69. The van der Waals surface area contributed by atoms with Crippen LogP contribution in [0.3, 0.4) is 0 Å². The van der Waals surface area contributed by atoms with Crippen molar-refractivity contribution < 1.29 is 4.79 Å². The van der Waals surface area contributed by atoms with E-state index in [0.717, 1.165) is 19.5 Å². The fraction of sp³-hybridized carbons (Fsp3) is 0.615. The second-order valence-electron chi connectivity index (χ2n) is 5.01. The van der Waals surface area contributed by atoms with Gasteiger partial charge in [0.25, 0.3) is 5.91 Å². The number of rotatable bonds is 5. The van der Waals surface area contributed by atoms with E-state index in [1.807, 2.05) is 0 Å². The molecule has 19 heavy (non-hydrogen) atoms. The van der Waals surface area contributed by atoms with Gasteiger partial charge in [0.2, 0.25) is 0 Å². The summed E-state index contributed by atoms with van der Waals surface area (Å²) in [5.74, 6) is 0.586. The lowest BCUT2D eigenvalue weighted by Gasteiger charge is -2.11. The minimum atomic E-state index is -0.130. The number of amides is 1. The summed E-state index contributed by atoms with van der Waals surface area (Å²) in [5, 5.41) is 14.6. The Balaban J connectivity index is 1.79. The average Bonchev–Trinajstić information content (AvgIpc) is 2.92. The lowest BCUT2D eigenvalue weighted by molar-refractivity contribution is 0.0821. The third-order valence-electron chi connectivity index (χ3n) is 3.25. The van der Waals surface area contributed by atoms with Crippen molar-refractivity contribution in [2.75, 3.05) is 32.5 Å². The highest BCUT2D eigenvalue weighted by molar-refractivity contribution is 5.91. The number of aromatic nitrogens is 2. The molecule has 1 aliphatic rings. The third-order valence-corrected chi connectivity index (χ3v) is 3.25. The number of anilines is 1. The Bertz CT molecular complexity index is 412. The van der Waals surface area contributed by atoms with Crippen LogP contribution in [0.4, 0.5) is 5.82 Å². The van der Waals surface area contributed by atoms with Crippen LogP contribution in [0.5, 0.6) is 0 Å². The molecule has 0 saturated carbocycles. The van der Waals surface area contributed by atoms with E-state index < -0.39 is 0 Å². The molecule has 1 saturated heterocycles. The second-order valence-corrected chi connectivity index (χ2v) is 5.01. The van der Waals surface area contributed by atoms with Crippen LogP contribution in [-0.4, -0.2) is 54.2 Å². The standard InChI is InChI=1S/C13H21N5O/c1-18(2)13(19)11-5-6-12(17-16-11)15-9-7-10-4-3-8-14-10/h5-6,10,14H,3-4,7-9H2,1-2H3,(H,15,17)/t10-/m0/s1. The summed E-state index contributed by atoms with van der Waals surface area (Å²) >= 11 is 0. The van der Waals surface area contributed by atoms with Crippen LogP contribution >= 0.6 is 0 Å². The number of carbonyl (C=O) groups is 1. The summed E-state index contributed by atoms with van der Waals surface area (Å²) in [7, 11) is 3.40. The number of hydrogen-bond acceptors (Lipinski definition) is 5. The first-order valence-corrected chi connectivity index (χ1v) is 6.69. The van der Waals surface area contributed by atoms with Crippen molar-refractivity contribution in [2.45, 2.75) is 25.3 Å². The molecule has 1 atom stereocenters. The number of carbonyl (C=O) groups excluding carboxylic acids is 1. The Morgan fingerprint density at radius 2 is 2.32 bits per heavy atom. The van der Waals surface area contributed by atoms with Crippen molar-refractivity contribution in [3.63, 3.8) is 0 Å². The van der Waals surface area contributed by atoms with Gasteiger partial charge in [-0.2, -0.15) is 0 Å². The van der Waals surface area contributed by atoms with E-state index in [4.69, 9.17) is 0 Å². The molecule has 1 amide bonds. The average molecular weight is 263 g/mol. The molecular formula is C13H21N5O. The van der Waals surface area contributed by atoms with Crippen LogP contribution in [0.2, 0.25) is 0 Å². The number of nitrogens with one attached hydrogen (secondary N) is 2. The SMILES string of the molecule is CN(C)C(=O)c1ccc(NCC[C@@H]2CCCN2)nn1. The summed E-state index contributed by atoms with van der Waals surface area (Å²) in [4.78, 5) is 13.1. The molecule has 1 aliphatic heterocycles. The van der Waals surface area contributed by atoms with Gasteiger partial charge < -0.3 is 15.5 Å². The molecule has 2 N–H and O–H groups in total. The fourth-order valence-corrected chi connectivity index (χ4v) is 2.15. The van der Waals surface area contributed by atoms with E-state index in [2.05, 4.69) is 20.8 Å². The summed E-state index contributed by atoms with van der Waals surface area (Å²) in [6, 6.07) is 4.12. The van der Waals surface area contributed by atoms with Crippen molar-refractivity contribution in [1.82, 2.24) is 20.4 Å². The van der Waals surface area contributed by atoms with Crippen molar-refractivity contribution in [2.24, 2.45) is 0 Å². The summed E-state index contributed by atoms with van der Waals surface area (Å²) in [5.41, 5.74) is 0.369. The van der Waals surface area contributed by atoms with Crippen LogP contribution in [0.25, 0.3) is 0 Å². The van der Waals surface area contributed by atoms with Crippen LogP contribution in [0.1, 0.15) is 29.8 Å². The minimum Gasteiger partial charge on any atom is -0.369 e. The van der Waals surface area contributed by atoms with Gasteiger partial charge in [0, 0.05) is 26.7 Å². The molecule has 0 unspecified atom stereocenters. The number of nitrogens with zero attached hydrogens (tertiary/aromatic N) is 3. The van der Waals surface area contributed by atoms with Crippen LogP contribution in [-0.2, 0) is 0 Å². The molecule has 104 valence electrons. The van der Waals surface area contributed by atoms with Gasteiger partial charge in [-0.1, -0.05) is 0 Å². The lowest BCUT2D eigenvalue weighted by Crippen LogP contribution is -2.24. The second kappa shape index (κ2) is 6.47. The summed E-state index contributed by atoms with van der Waals surface area (Å²) < 4.78 is 0. The van der Waals surface area contributed by atoms with Gasteiger partial charge in [0.1, 0.15) is 5.82 Å². The predicted octanol–water partition coefficient (Wildman–Crippen LogP) is 0.732. The Kier molecular flexibility index (Phi) is 4.68. The van der Waals surface area contributed by atoms with Gasteiger partial charge in [-0.25, -0.2) is 0 Å². The first kappa shape index (κ1) is 13.7. The maximum atomic E-state index is 11.6. The zero-order valence-corrected chi connectivity index (χ0v) is 11.5. The molecule has 0 aliphatic carbocycles. The highest BCUT2D eigenvalue weighted by Gasteiger charge is 2.13. The fourth-order valence-electron chi connectivity index (χ4n) is 2.15. The maximum absolute atomic E-state index is 11.6. The Labute approximate surface area is 113 Å². The topological polar surface area (TPSA) is 70.2 Å². The van der Waals surface area contributed by atoms with Gasteiger partial charge in [-0.3, -0.25) is 4.79 Å². The zero-order chi connectivity index (χ0) is 13.7. The van der Waals surface area contributed by atoms with E-state index in [-0.39, 0.29) is 5.91 Å². The Morgan fingerprint density at radius 1 is 1.47 bits per heavy atom. The maximum Gasteiger partial charge on any atom is 0.273 e. The van der Waals surface area contributed by atoms with Crippen LogP contribution in [0.15, 0.2) is 12.1 Å². The smallest absolute Gasteiger partial charge is 0.273 e. The first-order valence-electron chi connectivity index (χ1n) is 6.69. The summed E-state index contributed by atoms with van der Waals surface area (Å²) in [6.45, 7) is 2.00. The quantitative estimate of drug-likeness (QED) is 0.819. The van der Waals surface area contributed by atoms with E-state index in [1.54, 1.807) is 26.2 Å². The molecule has 6 nitrogen and oxygen atoms in total. The molecular weight excluding hydrogens is 242 g/mol. The molecule has 0 bridgehead atoms. The van der Waals surface area contributed by atoms with Crippen molar-refractivity contribution >= 4 is 11.7 Å². The van der Waals surface area contributed by atoms with Crippen LogP contribution in [0, 0.1) is 0 Å². The zero-order valence-electron chi connectivity index (χ0n) is 11.5. The van der Waals surface area contributed by atoms with E-state index >= 15 is 0 Å². The normalized spacial score (nSPS) is 18.3. The van der Waals surface area contributed by atoms with Gasteiger partial charge in [-0.15, -0.1) is 10.2 Å². The van der Waals surface area contributed by atoms with Gasteiger partial charge >= 0.3 is 0 Å². The van der Waals surface area contributed by atoms with Gasteiger partial charge in [0.05, 0.1) is 0 Å². The highest BCUT2D eigenvalue weighted by Crippen LogP contribution is 2.09.